The second-order valence-electron chi connectivity index (χ2n) is 4.61. The van der Waals surface area contributed by atoms with Gasteiger partial charge in [-0.15, -0.1) is 0 Å². The van der Waals surface area contributed by atoms with Crippen molar-refractivity contribution in [3.05, 3.63) is 30.0 Å². The van der Waals surface area contributed by atoms with E-state index in [1.54, 1.807) is 0 Å². The number of likely N-dealkylation sites (N-methyl/N-ethyl adjacent to an activating group) is 1. The molecule has 3 rings (SSSR count). The quantitative estimate of drug-likeness (QED) is 0.828. The van der Waals surface area contributed by atoms with Crippen molar-refractivity contribution in [3.8, 4) is 0 Å². The molecule has 2 N–H and O–H groups in total. The van der Waals surface area contributed by atoms with Crippen LogP contribution in [0.4, 0.5) is 0 Å². The Morgan fingerprint density at radius 2 is 2.29 bits per heavy atom. The molecule has 0 amide bonds. The Kier molecular flexibility index (Phi) is 2.61. The van der Waals surface area contributed by atoms with E-state index in [-0.39, 0.29) is 6.10 Å². The van der Waals surface area contributed by atoms with Crippen molar-refractivity contribution in [2.75, 3.05) is 13.7 Å². The van der Waals surface area contributed by atoms with E-state index >= 15 is 0 Å². The summed E-state index contributed by atoms with van der Waals surface area (Å²) in [6.07, 6.45) is 0.140. The van der Waals surface area contributed by atoms with Crippen molar-refractivity contribution in [2.24, 2.45) is 0 Å². The lowest BCUT2D eigenvalue weighted by Gasteiger charge is -2.27. The number of quaternary nitrogens is 1. The fourth-order valence-electron chi connectivity index (χ4n) is 2.49. The van der Waals surface area contributed by atoms with Gasteiger partial charge in [-0.05, 0) is 13.0 Å². The van der Waals surface area contributed by atoms with Gasteiger partial charge < -0.3 is 10.1 Å². The second kappa shape index (κ2) is 4.13. The molecule has 0 aliphatic carbocycles. The van der Waals surface area contributed by atoms with Gasteiger partial charge in [0.15, 0.2) is 6.10 Å². The van der Waals surface area contributed by atoms with E-state index in [2.05, 4.69) is 47.3 Å². The summed E-state index contributed by atoms with van der Waals surface area (Å²) in [6, 6.07) is 8.72. The summed E-state index contributed by atoms with van der Waals surface area (Å²) in [5, 5.41) is 8.07. The molecule has 4 nitrogen and oxygen atoms in total. The van der Waals surface area contributed by atoms with Crippen LogP contribution in [0.2, 0.25) is 0 Å². The van der Waals surface area contributed by atoms with Crippen LogP contribution in [0.25, 0.3) is 10.9 Å². The van der Waals surface area contributed by atoms with Crippen LogP contribution in [0.15, 0.2) is 24.3 Å². The maximum atomic E-state index is 5.93. The lowest BCUT2D eigenvalue weighted by atomic mass is 10.0. The van der Waals surface area contributed by atoms with Gasteiger partial charge in [0, 0.05) is 5.39 Å². The van der Waals surface area contributed by atoms with Crippen molar-refractivity contribution in [3.63, 3.8) is 0 Å². The van der Waals surface area contributed by atoms with Gasteiger partial charge in [-0.1, -0.05) is 18.2 Å². The standard InChI is InChI=1S/C13H17N3O/c1-9(14-2)13-12-10-5-3-4-6-11(10)15-16(12)7-8-17-13/h3-6,9,13-14H,7-8H2,1-2H3/p+1/t9-,13-/m1/s1. The van der Waals surface area contributed by atoms with Crippen molar-refractivity contribution in [1.29, 1.82) is 0 Å². The summed E-state index contributed by atoms with van der Waals surface area (Å²) < 4.78 is 8.04. The minimum atomic E-state index is 0.140. The molecule has 0 spiro atoms. The Morgan fingerprint density at radius 1 is 1.47 bits per heavy atom. The zero-order chi connectivity index (χ0) is 11.8. The third-order valence-electron chi connectivity index (χ3n) is 3.56. The van der Waals surface area contributed by atoms with E-state index in [0.717, 1.165) is 18.7 Å². The van der Waals surface area contributed by atoms with Crippen molar-refractivity contribution in [1.82, 2.24) is 9.78 Å². The molecule has 0 unspecified atom stereocenters. The average Bonchev–Trinajstić information content (AvgIpc) is 2.76. The number of aromatic nitrogens is 2. The molecular formula is C13H18N3O+. The van der Waals surface area contributed by atoms with E-state index in [4.69, 9.17) is 4.74 Å². The minimum Gasteiger partial charge on any atom is -0.364 e. The van der Waals surface area contributed by atoms with Crippen molar-refractivity contribution in [2.45, 2.75) is 25.6 Å². The molecule has 1 aliphatic heterocycles. The molecule has 0 bridgehead atoms. The number of hydrogen-bond donors (Lipinski definition) is 1. The molecule has 0 fully saturated rings. The van der Waals surface area contributed by atoms with Gasteiger partial charge in [0.1, 0.15) is 6.04 Å². The summed E-state index contributed by atoms with van der Waals surface area (Å²) in [4.78, 5) is 0. The predicted molar refractivity (Wildman–Crippen MR) is 65.7 cm³/mol. The zero-order valence-corrected chi connectivity index (χ0v) is 10.3. The summed E-state index contributed by atoms with van der Waals surface area (Å²) in [7, 11) is 2.09. The number of benzene rings is 1. The topological polar surface area (TPSA) is 43.7 Å². The third-order valence-corrected chi connectivity index (χ3v) is 3.56. The highest BCUT2D eigenvalue weighted by Crippen LogP contribution is 2.30. The van der Waals surface area contributed by atoms with Gasteiger partial charge in [0.2, 0.25) is 0 Å². The molecule has 0 saturated carbocycles. The molecule has 0 saturated heterocycles. The number of rotatable bonds is 2. The first kappa shape index (κ1) is 10.7. The smallest absolute Gasteiger partial charge is 0.151 e. The number of hydrogen-bond acceptors (Lipinski definition) is 2. The first-order chi connectivity index (χ1) is 8.31. The van der Waals surface area contributed by atoms with Crippen LogP contribution < -0.4 is 5.32 Å². The summed E-state index contributed by atoms with van der Waals surface area (Å²) in [5.74, 6) is 0. The maximum absolute atomic E-state index is 5.93. The maximum Gasteiger partial charge on any atom is 0.151 e. The van der Waals surface area contributed by atoms with E-state index in [1.807, 2.05) is 6.07 Å². The average molecular weight is 232 g/mol. The Hall–Kier alpha value is -1.39. The summed E-state index contributed by atoms with van der Waals surface area (Å²) in [5.41, 5.74) is 2.30. The third kappa shape index (κ3) is 1.64. The highest BCUT2D eigenvalue weighted by atomic mass is 16.5. The molecule has 1 aliphatic rings. The molecule has 1 aromatic carbocycles. The van der Waals surface area contributed by atoms with E-state index in [0.29, 0.717) is 6.04 Å². The number of nitrogens with zero attached hydrogens (tertiary/aromatic N) is 2. The van der Waals surface area contributed by atoms with E-state index < -0.39 is 0 Å². The summed E-state index contributed by atoms with van der Waals surface area (Å²) >= 11 is 0. The SMILES string of the molecule is C[NH2+][C@H](C)[C@H]1OCCn2nc3ccccc3c21. The first-order valence-electron chi connectivity index (χ1n) is 6.18. The number of nitrogens with two attached hydrogens (primary N) is 1. The molecule has 0 radical (unpaired) electrons. The summed E-state index contributed by atoms with van der Waals surface area (Å²) in [6.45, 7) is 3.81. The molecular weight excluding hydrogens is 214 g/mol. The van der Waals surface area contributed by atoms with Gasteiger partial charge >= 0.3 is 0 Å². The van der Waals surface area contributed by atoms with Crippen LogP contribution in [-0.2, 0) is 11.3 Å². The lowest BCUT2D eigenvalue weighted by molar-refractivity contribution is -0.670. The van der Waals surface area contributed by atoms with Gasteiger partial charge in [-0.3, -0.25) is 4.68 Å². The van der Waals surface area contributed by atoms with Gasteiger partial charge in [0.05, 0.1) is 31.4 Å². The lowest BCUT2D eigenvalue weighted by Crippen LogP contribution is -2.86. The van der Waals surface area contributed by atoms with E-state index in [9.17, 15) is 0 Å². The predicted octanol–water partition coefficient (Wildman–Crippen LogP) is 0.689. The Labute approximate surface area is 101 Å². The largest absolute Gasteiger partial charge is 0.364 e. The Morgan fingerprint density at radius 3 is 3.12 bits per heavy atom. The monoisotopic (exact) mass is 232 g/mol. The van der Waals surface area contributed by atoms with Crippen LogP contribution in [-0.4, -0.2) is 29.5 Å². The molecule has 4 heteroatoms. The zero-order valence-electron chi connectivity index (χ0n) is 10.3. The fourth-order valence-corrected chi connectivity index (χ4v) is 2.49. The highest BCUT2D eigenvalue weighted by Gasteiger charge is 2.30. The Balaban J connectivity index is 2.17. The molecule has 1 aromatic heterocycles. The molecule has 17 heavy (non-hydrogen) atoms. The second-order valence-corrected chi connectivity index (χ2v) is 4.61. The van der Waals surface area contributed by atoms with Gasteiger partial charge in [-0.2, -0.15) is 5.10 Å². The van der Waals surface area contributed by atoms with Crippen LogP contribution >= 0.6 is 0 Å². The van der Waals surface area contributed by atoms with Crippen LogP contribution in [0.5, 0.6) is 0 Å². The highest BCUT2D eigenvalue weighted by molar-refractivity contribution is 5.82. The fraction of sp³-hybridized carbons (Fsp3) is 0.462. The number of fused-ring (bicyclic) bond motifs is 3. The molecule has 90 valence electrons. The first-order valence-corrected chi connectivity index (χ1v) is 6.18. The van der Waals surface area contributed by atoms with Crippen LogP contribution in [0, 0.1) is 0 Å². The normalized spacial score (nSPS) is 21.4. The number of ether oxygens (including phenoxy) is 1. The van der Waals surface area contributed by atoms with Gasteiger partial charge in [-0.25, -0.2) is 0 Å². The minimum absolute atomic E-state index is 0.140. The van der Waals surface area contributed by atoms with Crippen molar-refractivity contribution >= 4 is 10.9 Å². The van der Waals surface area contributed by atoms with Crippen LogP contribution in [0.1, 0.15) is 18.7 Å². The Bertz CT molecular complexity index is 534. The van der Waals surface area contributed by atoms with Crippen molar-refractivity contribution < 1.29 is 10.1 Å². The molecule has 2 heterocycles. The van der Waals surface area contributed by atoms with Gasteiger partial charge in [0.25, 0.3) is 0 Å². The van der Waals surface area contributed by atoms with Crippen LogP contribution in [0.3, 0.4) is 0 Å². The molecule has 2 atom stereocenters. The molecule has 2 aromatic rings. The van der Waals surface area contributed by atoms with E-state index in [1.165, 1.54) is 11.1 Å².